The Kier molecular flexibility index (Phi) is 3.54. The van der Waals surface area contributed by atoms with Gasteiger partial charge in [-0.15, -0.1) is 0 Å². The van der Waals surface area contributed by atoms with Crippen molar-refractivity contribution >= 4 is 11.7 Å². The van der Waals surface area contributed by atoms with E-state index in [1.54, 1.807) is 6.07 Å². The van der Waals surface area contributed by atoms with Gasteiger partial charge in [-0.05, 0) is 6.07 Å². The predicted molar refractivity (Wildman–Crippen MR) is 89.8 cm³/mol. The number of hydrogen-bond donors (Lipinski definition) is 1. The Morgan fingerprint density at radius 1 is 1.08 bits per heavy atom. The summed E-state index contributed by atoms with van der Waals surface area (Å²) in [6, 6.07) is 19.0. The van der Waals surface area contributed by atoms with Crippen molar-refractivity contribution in [2.24, 2.45) is 0 Å². The number of fused-ring (bicyclic) bond motifs is 1. The summed E-state index contributed by atoms with van der Waals surface area (Å²) >= 11 is 0. The molecule has 0 aliphatic carbocycles. The molecule has 0 fully saturated rings. The van der Waals surface area contributed by atoms with Crippen LogP contribution in [0.3, 0.4) is 0 Å². The Morgan fingerprint density at radius 2 is 1.83 bits per heavy atom. The molecule has 1 N–H and O–H groups in total. The molecule has 1 aliphatic heterocycles. The molecule has 0 radical (unpaired) electrons. The van der Waals surface area contributed by atoms with Crippen LogP contribution in [0, 0.1) is 0 Å². The van der Waals surface area contributed by atoms with E-state index in [1.807, 2.05) is 61.5 Å². The topological polar surface area (TPSA) is 64.4 Å². The van der Waals surface area contributed by atoms with E-state index in [0.29, 0.717) is 11.6 Å². The Morgan fingerprint density at radius 3 is 2.62 bits per heavy atom. The van der Waals surface area contributed by atoms with E-state index in [0.717, 1.165) is 16.9 Å². The van der Waals surface area contributed by atoms with Crippen molar-refractivity contribution in [1.29, 1.82) is 0 Å². The molecule has 1 aliphatic rings. The van der Waals surface area contributed by atoms with Crippen molar-refractivity contribution in [3.8, 4) is 17.1 Å². The van der Waals surface area contributed by atoms with Gasteiger partial charge in [0.1, 0.15) is 5.75 Å². The summed E-state index contributed by atoms with van der Waals surface area (Å²) in [7, 11) is 0. The second-order valence-electron chi connectivity index (χ2n) is 5.80. The zero-order chi connectivity index (χ0) is 16.5. The van der Waals surface area contributed by atoms with Gasteiger partial charge in [-0.3, -0.25) is 4.79 Å². The number of anilines is 1. The number of amides is 1. The average molecular weight is 320 g/mol. The summed E-state index contributed by atoms with van der Waals surface area (Å²) in [6.45, 7) is 1.98. The minimum atomic E-state index is -0.570. The van der Waals surface area contributed by atoms with Crippen LogP contribution < -0.4 is 10.1 Å². The summed E-state index contributed by atoms with van der Waals surface area (Å²) in [5, 5.41) is 6.69. The SMILES string of the molecule is C[C@H]1c2ccccc2O[C@H]1C(=O)Nc1cc(-c2ccccc2)on1. The van der Waals surface area contributed by atoms with E-state index >= 15 is 0 Å². The molecule has 1 amide bonds. The number of carbonyl (C=O) groups excluding carboxylic acids is 1. The third kappa shape index (κ3) is 2.54. The highest BCUT2D eigenvalue weighted by Crippen LogP contribution is 2.38. The van der Waals surface area contributed by atoms with Crippen molar-refractivity contribution in [3.05, 3.63) is 66.2 Å². The van der Waals surface area contributed by atoms with Gasteiger partial charge in [-0.1, -0.05) is 60.6 Å². The van der Waals surface area contributed by atoms with Crippen molar-refractivity contribution in [2.75, 3.05) is 5.32 Å². The molecule has 0 bridgehead atoms. The Balaban J connectivity index is 1.49. The van der Waals surface area contributed by atoms with Crippen molar-refractivity contribution in [2.45, 2.75) is 18.9 Å². The maximum absolute atomic E-state index is 12.5. The van der Waals surface area contributed by atoms with E-state index in [2.05, 4.69) is 10.5 Å². The van der Waals surface area contributed by atoms with Crippen LogP contribution in [-0.4, -0.2) is 17.2 Å². The molecule has 2 aromatic carbocycles. The molecule has 5 nitrogen and oxygen atoms in total. The number of ether oxygens (including phenoxy) is 1. The first-order chi connectivity index (χ1) is 11.7. The molecule has 5 heteroatoms. The Hall–Kier alpha value is -3.08. The molecule has 4 rings (SSSR count). The highest BCUT2D eigenvalue weighted by molar-refractivity contribution is 5.95. The second-order valence-corrected chi connectivity index (χ2v) is 5.80. The van der Waals surface area contributed by atoms with Crippen LogP contribution in [0.25, 0.3) is 11.3 Å². The predicted octanol–water partition coefficient (Wildman–Crippen LogP) is 3.84. The Bertz CT molecular complexity index is 873. The first-order valence-corrected chi connectivity index (χ1v) is 7.81. The number of rotatable bonds is 3. The maximum Gasteiger partial charge on any atom is 0.267 e. The molecule has 0 saturated carbocycles. The molecule has 0 saturated heterocycles. The normalized spacial score (nSPS) is 18.7. The molecule has 1 aromatic heterocycles. The van der Waals surface area contributed by atoms with E-state index in [4.69, 9.17) is 9.26 Å². The van der Waals surface area contributed by atoms with Crippen LogP contribution in [0.4, 0.5) is 5.82 Å². The number of benzene rings is 2. The lowest BCUT2D eigenvalue weighted by Crippen LogP contribution is -2.33. The quantitative estimate of drug-likeness (QED) is 0.796. The van der Waals surface area contributed by atoms with Crippen LogP contribution in [-0.2, 0) is 4.79 Å². The third-order valence-corrected chi connectivity index (χ3v) is 4.20. The lowest BCUT2D eigenvalue weighted by atomic mass is 9.97. The highest BCUT2D eigenvalue weighted by Gasteiger charge is 2.36. The third-order valence-electron chi connectivity index (χ3n) is 4.20. The van der Waals surface area contributed by atoms with Crippen LogP contribution in [0.15, 0.2) is 65.2 Å². The van der Waals surface area contributed by atoms with E-state index in [-0.39, 0.29) is 11.8 Å². The minimum absolute atomic E-state index is 0.0123. The highest BCUT2D eigenvalue weighted by atomic mass is 16.5. The van der Waals surface area contributed by atoms with Gasteiger partial charge < -0.3 is 14.6 Å². The van der Waals surface area contributed by atoms with Crippen LogP contribution in [0.1, 0.15) is 18.4 Å². The largest absolute Gasteiger partial charge is 0.480 e. The van der Waals surface area contributed by atoms with E-state index < -0.39 is 6.10 Å². The van der Waals surface area contributed by atoms with Crippen molar-refractivity contribution < 1.29 is 14.1 Å². The molecule has 120 valence electrons. The minimum Gasteiger partial charge on any atom is -0.480 e. The van der Waals surface area contributed by atoms with Gasteiger partial charge in [0.2, 0.25) is 0 Å². The van der Waals surface area contributed by atoms with Crippen LogP contribution in [0.2, 0.25) is 0 Å². The number of aromatic nitrogens is 1. The second kappa shape index (κ2) is 5.85. The number of para-hydroxylation sites is 1. The van der Waals surface area contributed by atoms with Crippen LogP contribution >= 0.6 is 0 Å². The summed E-state index contributed by atoms with van der Waals surface area (Å²) in [4.78, 5) is 12.5. The van der Waals surface area contributed by atoms with Gasteiger partial charge >= 0.3 is 0 Å². The average Bonchev–Trinajstić information content (AvgIpc) is 3.21. The molecule has 0 spiro atoms. The molecule has 2 heterocycles. The van der Waals surface area contributed by atoms with Crippen molar-refractivity contribution in [3.63, 3.8) is 0 Å². The first kappa shape index (κ1) is 14.5. The monoisotopic (exact) mass is 320 g/mol. The molecule has 2 atom stereocenters. The zero-order valence-electron chi connectivity index (χ0n) is 13.1. The fourth-order valence-electron chi connectivity index (χ4n) is 2.92. The molecule has 24 heavy (non-hydrogen) atoms. The van der Waals surface area contributed by atoms with Crippen molar-refractivity contribution in [1.82, 2.24) is 5.16 Å². The first-order valence-electron chi connectivity index (χ1n) is 7.81. The Labute approximate surface area is 139 Å². The lowest BCUT2D eigenvalue weighted by Gasteiger charge is -2.13. The lowest BCUT2D eigenvalue weighted by molar-refractivity contribution is -0.122. The number of hydrogen-bond acceptors (Lipinski definition) is 4. The van der Waals surface area contributed by atoms with Gasteiger partial charge in [-0.2, -0.15) is 0 Å². The van der Waals surface area contributed by atoms with Gasteiger partial charge in [-0.25, -0.2) is 0 Å². The van der Waals surface area contributed by atoms with Gasteiger partial charge in [0.05, 0.1) is 0 Å². The standard InChI is InChI=1S/C19H16N2O3/c1-12-14-9-5-6-10-15(14)23-18(12)19(22)20-17-11-16(24-21-17)13-7-3-2-4-8-13/h2-12,18H,1H3,(H,20,21,22)/t12-,18+/m0/s1. The van der Waals surface area contributed by atoms with Gasteiger partial charge in [0.25, 0.3) is 5.91 Å². The number of carbonyl (C=O) groups is 1. The summed E-state index contributed by atoms with van der Waals surface area (Å²) < 4.78 is 11.1. The van der Waals surface area contributed by atoms with Crippen LogP contribution in [0.5, 0.6) is 5.75 Å². The molecule has 3 aromatic rings. The summed E-state index contributed by atoms with van der Waals surface area (Å²) in [6.07, 6.45) is -0.570. The molecular weight excluding hydrogens is 304 g/mol. The van der Waals surface area contributed by atoms with Gasteiger partial charge in [0, 0.05) is 23.1 Å². The molecule has 0 unspecified atom stereocenters. The fourth-order valence-corrected chi connectivity index (χ4v) is 2.92. The zero-order valence-corrected chi connectivity index (χ0v) is 13.1. The van der Waals surface area contributed by atoms with E-state index in [1.165, 1.54) is 0 Å². The van der Waals surface area contributed by atoms with E-state index in [9.17, 15) is 4.79 Å². The number of nitrogens with zero attached hydrogens (tertiary/aromatic N) is 1. The maximum atomic E-state index is 12.5. The number of nitrogens with one attached hydrogen (secondary N) is 1. The summed E-state index contributed by atoms with van der Waals surface area (Å²) in [5.74, 6) is 1.50. The fraction of sp³-hybridized carbons (Fsp3) is 0.158. The smallest absolute Gasteiger partial charge is 0.267 e. The van der Waals surface area contributed by atoms with Gasteiger partial charge in [0.15, 0.2) is 17.7 Å². The summed E-state index contributed by atoms with van der Waals surface area (Å²) in [5.41, 5.74) is 1.95. The molecular formula is C19H16N2O3.